The number of amides is 1. The second-order valence-electron chi connectivity index (χ2n) is 3.68. The summed E-state index contributed by atoms with van der Waals surface area (Å²) < 4.78 is 0. The monoisotopic (exact) mass is 157 g/mol. The maximum Gasteiger partial charge on any atom is 0.404 e. The molecule has 1 aliphatic rings. The molecule has 2 N–H and O–H groups in total. The van der Waals surface area contributed by atoms with Crippen LogP contribution in [0, 0.1) is 5.41 Å². The maximum atomic E-state index is 10.2. The number of hydrogen-bond donors (Lipinski definition) is 2. The Balaban J connectivity index is 2.28. The second kappa shape index (κ2) is 3.11. The Morgan fingerprint density at radius 3 is 2.55 bits per heavy atom. The van der Waals surface area contributed by atoms with Gasteiger partial charge in [0.15, 0.2) is 0 Å². The van der Waals surface area contributed by atoms with Gasteiger partial charge in [0.2, 0.25) is 0 Å². The first kappa shape index (κ1) is 8.37. The Kier molecular flexibility index (Phi) is 2.37. The van der Waals surface area contributed by atoms with Crippen LogP contribution in [0.2, 0.25) is 0 Å². The van der Waals surface area contributed by atoms with E-state index in [1.807, 2.05) is 0 Å². The van der Waals surface area contributed by atoms with E-state index in [-0.39, 0.29) is 5.41 Å². The van der Waals surface area contributed by atoms with Gasteiger partial charge in [-0.3, -0.25) is 0 Å². The van der Waals surface area contributed by atoms with E-state index in [0.717, 1.165) is 12.8 Å². The molecule has 0 atom stereocenters. The van der Waals surface area contributed by atoms with Crippen molar-refractivity contribution in [3.63, 3.8) is 0 Å². The molecule has 3 nitrogen and oxygen atoms in total. The molecule has 1 amide bonds. The van der Waals surface area contributed by atoms with E-state index in [2.05, 4.69) is 12.2 Å². The third-order valence-electron chi connectivity index (χ3n) is 2.48. The highest BCUT2D eigenvalue weighted by Crippen LogP contribution is 2.36. The highest BCUT2D eigenvalue weighted by molar-refractivity contribution is 5.64. The van der Waals surface area contributed by atoms with Gasteiger partial charge in [0.05, 0.1) is 0 Å². The lowest BCUT2D eigenvalue weighted by Crippen LogP contribution is -2.32. The number of hydrogen-bond acceptors (Lipinski definition) is 1. The van der Waals surface area contributed by atoms with Crippen LogP contribution in [-0.2, 0) is 0 Å². The summed E-state index contributed by atoms with van der Waals surface area (Å²) in [6, 6.07) is 0. The second-order valence-corrected chi connectivity index (χ2v) is 3.68. The van der Waals surface area contributed by atoms with Crippen LogP contribution in [0.15, 0.2) is 0 Å². The van der Waals surface area contributed by atoms with E-state index < -0.39 is 6.09 Å². The molecule has 3 heteroatoms. The van der Waals surface area contributed by atoms with Gasteiger partial charge in [-0.2, -0.15) is 0 Å². The first-order valence-electron chi connectivity index (χ1n) is 4.09. The molecule has 1 rings (SSSR count). The van der Waals surface area contributed by atoms with Gasteiger partial charge >= 0.3 is 6.09 Å². The summed E-state index contributed by atoms with van der Waals surface area (Å²) in [5.41, 5.74) is 0.235. The topological polar surface area (TPSA) is 49.3 Å². The number of carbonyl (C=O) groups is 1. The van der Waals surface area contributed by atoms with Gasteiger partial charge in [-0.1, -0.05) is 19.8 Å². The average Bonchev–Trinajstić information content (AvgIpc) is 2.33. The fraction of sp³-hybridized carbons (Fsp3) is 0.875. The smallest absolute Gasteiger partial charge is 0.404 e. The van der Waals surface area contributed by atoms with Crippen molar-refractivity contribution in [1.29, 1.82) is 0 Å². The van der Waals surface area contributed by atoms with Crippen molar-refractivity contribution < 1.29 is 9.90 Å². The predicted octanol–water partition coefficient (Wildman–Crippen LogP) is 1.83. The molecule has 0 heterocycles. The van der Waals surface area contributed by atoms with E-state index >= 15 is 0 Å². The van der Waals surface area contributed by atoms with Crippen molar-refractivity contribution in [3.8, 4) is 0 Å². The molecule has 0 aromatic rings. The quantitative estimate of drug-likeness (QED) is 0.642. The number of rotatable bonds is 2. The molecule has 0 bridgehead atoms. The zero-order chi connectivity index (χ0) is 8.32. The third-order valence-corrected chi connectivity index (χ3v) is 2.48. The van der Waals surface area contributed by atoms with Crippen molar-refractivity contribution in [1.82, 2.24) is 5.32 Å². The van der Waals surface area contributed by atoms with Crippen LogP contribution in [0.5, 0.6) is 0 Å². The number of carboxylic acid groups (broad SMARTS) is 1. The van der Waals surface area contributed by atoms with Crippen LogP contribution in [-0.4, -0.2) is 17.7 Å². The van der Waals surface area contributed by atoms with Gasteiger partial charge in [0.1, 0.15) is 0 Å². The normalized spacial score (nSPS) is 21.5. The SMILES string of the molecule is CC1(CNC(=O)O)CCCC1. The molecule has 1 aliphatic carbocycles. The fourth-order valence-corrected chi connectivity index (χ4v) is 1.69. The van der Waals surface area contributed by atoms with Gasteiger partial charge in [0.25, 0.3) is 0 Å². The third kappa shape index (κ3) is 2.41. The van der Waals surface area contributed by atoms with Crippen LogP contribution < -0.4 is 5.32 Å². The summed E-state index contributed by atoms with van der Waals surface area (Å²) in [5.74, 6) is 0. The van der Waals surface area contributed by atoms with Crippen molar-refractivity contribution in [2.75, 3.05) is 6.54 Å². The molecular formula is C8H15NO2. The molecule has 1 saturated carbocycles. The molecule has 0 unspecified atom stereocenters. The highest BCUT2D eigenvalue weighted by atomic mass is 16.4. The first-order chi connectivity index (χ1) is 5.12. The Morgan fingerprint density at radius 2 is 2.09 bits per heavy atom. The minimum Gasteiger partial charge on any atom is -0.465 e. The Hall–Kier alpha value is -0.730. The number of nitrogens with one attached hydrogen (secondary N) is 1. The zero-order valence-electron chi connectivity index (χ0n) is 6.89. The van der Waals surface area contributed by atoms with Gasteiger partial charge in [-0.25, -0.2) is 4.79 Å². The molecule has 0 saturated heterocycles. The Morgan fingerprint density at radius 1 is 1.55 bits per heavy atom. The van der Waals surface area contributed by atoms with Crippen molar-refractivity contribution in [3.05, 3.63) is 0 Å². The fourth-order valence-electron chi connectivity index (χ4n) is 1.69. The molecule has 11 heavy (non-hydrogen) atoms. The van der Waals surface area contributed by atoms with E-state index in [0.29, 0.717) is 6.54 Å². The lowest BCUT2D eigenvalue weighted by molar-refractivity contribution is 0.186. The molecule has 0 aromatic carbocycles. The Labute approximate surface area is 66.8 Å². The van der Waals surface area contributed by atoms with E-state index in [1.165, 1.54) is 12.8 Å². The molecule has 1 fully saturated rings. The summed E-state index contributed by atoms with van der Waals surface area (Å²) in [5, 5.41) is 10.8. The summed E-state index contributed by atoms with van der Waals surface area (Å²) in [6.45, 7) is 2.76. The molecule has 0 aliphatic heterocycles. The van der Waals surface area contributed by atoms with Crippen LogP contribution in [0.3, 0.4) is 0 Å². The standard InChI is InChI=1S/C8H15NO2/c1-8(4-2-3-5-8)6-9-7(10)11/h9H,2-6H2,1H3,(H,10,11). The highest BCUT2D eigenvalue weighted by Gasteiger charge is 2.28. The van der Waals surface area contributed by atoms with Crippen molar-refractivity contribution in [2.45, 2.75) is 32.6 Å². The minimum atomic E-state index is -0.905. The van der Waals surface area contributed by atoms with E-state index in [1.54, 1.807) is 0 Å². The van der Waals surface area contributed by atoms with Gasteiger partial charge in [-0.15, -0.1) is 0 Å². The Bertz CT molecular complexity index is 150. The van der Waals surface area contributed by atoms with Crippen molar-refractivity contribution in [2.24, 2.45) is 5.41 Å². The van der Waals surface area contributed by atoms with Crippen LogP contribution in [0.25, 0.3) is 0 Å². The van der Waals surface area contributed by atoms with Gasteiger partial charge in [-0.05, 0) is 18.3 Å². The largest absolute Gasteiger partial charge is 0.465 e. The van der Waals surface area contributed by atoms with Gasteiger partial charge in [0, 0.05) is 6.54 Å². The summed E-state index contributed by atoms with van der Waals surface area (Å²) in [7, 11) is 0. The minimum absolute atomic E-state index is 0.235. The first-order valence-corrected chi connectivity index (χ1v) is 4.09. The molecule has 64 valence electrons. The lowest BCUT2D eigenvalue weighted by Gasteiger charge is -2.22. The summed E-state index contributed by atoms with van der Waals surface area (Å²) >= 11 is 0. The maximum absolute atomic E-state index is 10.2. The molecule has 0 aromatic heterocycles. The summed E-state index contributed by atoms with van der Waals surface area (Å²) in [6.07, 6.45) is 3.91. The van der Waals surface area contributed by atoms with Crippen LogP contribution >= 0.6 is 0 Å². The van der Waals surface area contributed by atoms with E-state index in [9.17, 15) is 4.79 Å². The van der Waals surface area contributed by atoms with Crippen LogP contribution in [0.1, 0.15) is 32.6 Å². The molecule has 0 radical (unpaired) electrons. The summed E-state index contributed by atoms with van der Waals surface area (Å²) in [4.78, 5) is 10.2. The molecule has 0 spiro atoms. The van der Waals surface area contributed by atoms with Crippen LogP contribution in [0.4, 0.5) is 4.79 Å². The zero-order valence-corrected chi connectivity index (χ0v) is 6.89. The van der Waals surface area contributed by atoms with Crippen molar-refractivity contribution >= 4 is 6.09 Å². The van der Waals surface area contributed by atoms with E-state index in [4.69, 9.17) is 5.11 Å². The average molecular weight is 157 g/mol. The lowest BCUT2D eigenvalue weighted by atomic mass is 9.89. The predicted molar refractivity (Wildman–Crippen MR) is 42.6 cm³/mol. The van der Waals surface area contributed by atoms with Gasteiger partial charge < -0.3 is 10.4 Å². The molecular weight excluding hydrogens is 142 g/mol.